The van der Waals surface area contributed by atoms with E-state index in [2.05, 4.69) is 18.3 Å². The third kappa shape index (κ3) is 7.19. The van der Waals surface area contributed by atoms with E-state index in [0.717, 1.165) is 9.47 Å². The van der Waals surface area contributed by atoms with Crippen molar-refractivity contribution in [1.82, 2.24) is 9.55 Å². The summed E-state index contributed by atoms with van der Waals surface area (Å²) < 4.78 is 49.5. The van der Waals surface area contributed by atoms with E-state index in [1.807, 2.05) is 0 Å². The third-order valence-corrected chi connectivity index (χ3v) is 8.41. The maximum Gasteiger partial charge on any atom is 0.330 e. The van der Waals surface area contributed by atoms with Gasteiger partial charge in [-0.05, 0) is 13.8 Å². The van der Waals surface area contributed by atoms with Crippen LogP contribution in [-0.2, 0) is 32.0 Å². The Bertz CT molecular complexity index is 1140. The van der Waals surface area contributed by atoms with Crippen LogP contribution in [0, 0.1) is 6.92 Å². The topological polar surface area (TPSA) is 226 Å². The molecule has 0 aliphatic carbocycles. The van der Waals surface area contributed by atoms with E-state index < -0.39 is 76.5 Å². The lowest BCUT2D eigenvalue weighted by Gasteiger charge is -2.41. The van der Waals surface area contributed by atoms with Crippen molar-refractivity contribution in [3.05, 3.63) is 32.6 Å². The highest BCUT2D eigenvalue weighted by Crippen LogP contribution is 2.56. The summed E-state index contributed by atoms with van der Waals surface area (Å²) in [5, 5.41) is 20.6. The van der Waals surface area contributed by atoms with Gasteiger partial charge in [-0.2, -0.15) is 0 Å². The van der Waals surface area contributed by atoms with Gasteiger partial charge in [-0.3, -0.25) is 28.0 Å². The lowest BCUT2D eigenvalue weighted by atomic mass is 9.99. The van der Waals surface area contributed by atoms with Gasteiger partial charge in [0.2, 0.25) is 0 Å². The summed E-state index contributed by atoms with van der Waals surface area (Å²) in [4.78, 5) is 50.8. The van der Waals surface area contributed by atoms with Gasteiger partial charge in [-0.25, -0.2) is 9.11 Å². The fraction of sp³-hybridized carbons (Fsp3) is 0.778. The highest BCUT2D eigenvalue weighted by molar-refractivity contribution is 7.59. The lowest BCUT2D eigenvalue weighted by Crippen LogP contribution is -3.12. The molecule has 3 rings (SSSR count). The van der Waals surface area contributed by atoms with Crippen LogP contribution in [0.15, 0.2) is 15.8 Å². The summed E-state index contributed by atoms with van der Waals surface area (Å²) in [6, 6.07) is -0.443. The van der Waals surface area contributed by atoms with Gasteiger partial charge >= 0.3 is 5.69 Å². The van der Waals surface area contributed by atoms with Crippen molar-refractivity contribution in [3.8, 4) is 0 Å². The first-order chi connectivity index (χ1) is 16.6. The fourth-order valence-corrected chi connectivity index (χ4v) is 6.09. The largest absolute Gasteiger partial charge is 0.756 e. The Balaban J connectivity index is 1.59. The maximum atomic E-state index is 12.2. The van der Waals surface area contributed by atoms with Gasteiger partial charge < -0.3 is 38.9 Å². The van der Waals surface area contributed by atoms with Gasteiger partial charge in [0.1, 0.15) is 18.4 Å². The first-order valence-corrected chi connectivity index (χ1v) is 14.0. The number of aliphatic hydroxyl groups excluding tert-OH is 2. The van der Waals surface area contributed by atoms with Crippen molar-refractivity contribution in [3.63, 3.8) is 0 Å². The lowest BCUT2D eigenvalue weighted by molar-refractivity contribution is -0.893. The Morgan fingerprint density at radius 2 is 1.86 bits per heavy atom. The number of phosphoric acid groups is 2. The molecular formula is C18H30N3O13P2-. The smallest absolute Gasteiger partial charge is 0.330 e. The van der Waals surface area contributed by atoms with E-state index in [0.29, 0.717) is 6.42 Å². The van der Waals surface area contributed by atoms with Gasteiger partial charge in [0, 0.05) is 24.6 Å². The number of ether oxygens (including phenoxy) is 2. The summed E-state index contributed by atoms with van der Waals surface area (Å²) in [5.41, 5.74) is -1.19. The second kappa shape index (κ2) is 11.2. The molecule has 0 saturated carbocycles. The number of hydrogen-bond acceptors (Lipinski definition) is 13. The van der Waals surface area contributed by atoms with Crippen molar-refractivity contribution >= 4 is 15.6 Å². The molecule has 9 atom stereocenters. The van der Waals surface area contributed by atoms with Crippen LogP contribution < -0.4 is 25.9 Å². The summed E-state index contributed by atoms with van der Waals surface area (Å²) in [6.45, 7) is 2.25. The Labute approximate surface area is 205 Å². The first-order valence-electron chi connectivity index (χ1n) is 11.0. The molecule has 2 saturated heterocycles. The molecule has 16 nitrogen and oxygen atoms in total. The van der Waals surface area contributed by atoms with Crippen LogP contribution in [0.3, 0.4) is 0 Å². The molecule has 4 N–H and O–H groups in total. The monoisotopic (exact) mass is 558 g/mol. The number of hydrogen-bond donors (Lipinski definition) is 4. The number of aromatic nitrogens is 2. The summed E-state index contributed by atoms with van der Waals surface area (Å²) in [7, 11) is -7.64. The van der Waals surface area contributed by atoms with Gasteiger partial charge in [-0.15, -0.1) is 0 Å². The van der Waals surface area contributed by atoms with Gasteiger partial charge in [0.25, 0.3) is 21.2 Å². The van der Waals surface area contributed by atoms with Crippen LogP contribution in [0.2, 0.25) is 0 Å². The number of H-pyrrole nitrogens is 1. The third-order valence-electron chi connectivity index (χ3n) is 5.88. The van der Waals surface area contributed by atoms with Gasteiger partial charge in [0.05, 0.1) is 32.9 Å². The maximum absolute atomic E-state index is 12.2. The molecule has 1 aromatic rings. The number of aryl methyl sites for hydroxylation is 1. The van der Waals surface area contributed by atoms with E-state index in [-0.39, 0.29) is 12.0 Å². The normalized spacial score (nSPS) is 34.4. The molecule has 2 fully saturated rings. The standard InChI is InChI=1S/C18H31N3O13P2/c1-9-7-21(18(25)19-16(9)24)14-6-12(22)13(32-14)8-30-35(26,27)34-36(28,29)33-17-15(23)11(20(3)4)5-10(2)31-17/h7,10-15,17,22-23H,5-6,8H2,1-4H3,(H,26,27)(H,28,29)(H,19,24,25)/p-1/t10-,11+,12+,13-,14-,15-,17-/m1/s1. The molecule has 18 heteroatoms. The molecule has 0 spiro atoms. The average molecular weight is 558 g/mol. The molecular weight excluding hydrogens is 528 g/mol. The van der Waals surface area contributed by atoms with Crippen molar-refractivity contribution in [2.45, 2.75) is 69.7 Å². The minimum Gasteiger partial charge on any atom is -0.756 e. The van der Waals surface area contributed by atoms with Crippen molar-refractivity contribution in [2.24, 2.45) is 0 Å². The van der Waals surface area contributed by atoms with E-state index in [9.17, 15) is 38.7 Å². The Morgan fingerprint density at radius 3 is 2.50 bits per heavy atom. The predicted molar refractivity (Wildman–Crippen MR) is 115 cm³/mol. The Hall–Kier alpha value is -1.26. The number of rotatable bonds is 9. The number of aromatic amines is 1. The second-order valence-electron chi connectivity index (χ2n) is 9.01. The molecule has 1 aromatic heterocycles. The van der Waals surface area contributed by atoms with Crippen LogP contribution in [0.5, 0.6) is 0 Å². The molecule has 0 amide bonds. The van der Waals surface area contributed by atoms with Crippen LogP contribution in [0.4, 0.5) is 0 Å². The number of quaternary nitrogens is 1. The van der Waals surface area contributed by atoms with Crippen LogP contribution in [0.25, 0.3) is 0 Å². The quantitative estimate of drug-likeness (QED) is 0.216. The van der Waals surface area contributed by atoms with Crippen LogP contribution in [0.1, 0.15) is 31.6 Å². The Kier molecular flexibility index (Phi) is 9.14. The molecule has 2 aliphatic heterocycles. The predicted octanol–water partition coefficient (Wildman–Crippen LogP) is -3.51. The molecule has 2 aliphatic rings. The first kappa shape index (κ1) is 29.3. The zero-order valence-corrected chi connectivity index (χ0v) is 21.8. The number of nitrogens with one attached hydrogen (secondary N) is 2. The number of nitrogens with zero attached hydrogens (tertiary/aromatic N) is 1. The zero-order valence-electron chi connectivity index (χ0n) is 20.0. The number of aliphatic hydroxyl groups is 2. The minimum atomic E-state index is -5.58. The van der Waals surface area contributed by atoms with E-state index in [1.54, 1.807) is 21.0 Å². The van der Waals surface area contributed by atoms with Crippen LogP contribution >= 0.6 is 15.6 Å². The number of phosphoric ester groups is 2. The minimum absolute atomic E-state index is 0.142. The van der Waals surface area contributed by atoms with E-state index >= 15 is 0 Å². The summed E-state index contributed by atoms with van der Waals surface area (Å²) in [6.07, 6.45) is -5.69. The zero-order chi connectivity index (χ0) is 27.0. The molecule has 0 aromatic carbocycles. The fourth-order valence-electron chi connectivity index (χ4n) is 4.01. The van der Waals surface area contributed by atoms with Crippen LogP contribution in [-0.4, -0.2) is 77.2 Å². The summed E-state index contributed by atoms with van der Waals surface area (Å²) in [5.74, 6) is 0. The van der Waals surface area contributed by atoms with Gasteiger partial charge in [-0.1, -0.05) is 0 Å². The SMILES string of the molecule is Cc1cn([C@H]2C[C@H](O)[C@@H](COP(=O)([O-])OP(=O)([O-])O[C@H]3O[C@H](C)C[C@H]([NH+](C)C)[C@H]3O)O2)c(=O)[nH]c1=O. The van der Waals surface area contributed by atoms with Crippen molar-refractivity contribution in [2.75, 3.05) is 20.7 Å². The average Bonchev–Trinajstić information content (AvgIpc) is 3.10. The highest BCUT2D eigenvalue weighted by atomic mass is 31.3. The molecule has 3 heterocycles. The van der Waals surface area contributed by atoms with Gasteiger partial charge in [0.15, 0.2) is 12.4 Å². The molecule has 0 radical (unpaired) electrons. The number of likely N-dealkylation sites (N-methyl/N-ethyl adjacent to an activating group) is 1. The molecule has 0 bridgehead atoms. The molecule has 206 valence electrons. The summed E-state index contributed by atoms with van der Waals surface area (Å²) >= 11 is 0. The van der Waals surface area contributed by atoms with E-state index in [4.69, 9.17) is 9.47 Å². The van der Waals surface area contributed by atoms with Crippen molar-refractivity contribution < 1.29 is 56.9 Å². The second-order valence-corrected chi connectivity index (χ2v) is 11.9. The van der Waals surface area contributed by atoms with E-state index in [1.165, 1.54) is 13.1 Å². The Morgan fingerprint density at radius 1 is 1.19 bits per heavy atom. The molecule has 2 unspecified atom stereocenters. The molecule has 36 heavy (non-hydrogen) atoms. The van der Waals surface area contributed by atoms with Crippen molar-refractivity contribution in [1.29, 1.82) is 0 Å². The highest BCUT2D eigenvalue weighted by Gasteiger charge is 2.43.